The molecule has 16 heavy (non-hydrogen) atoms. The molecule has 0 bridgehead atoms. The molecule has 2 rings (SSSR count). The van der Waals surface area contributed by atoms with Crippen molar-refractivity contribution in [2.75, 3.05) is 0 Å². The number of hydrogen-bond acceptors (Lipinski definition) is 3. The lowest BCUT2D eigenvalue weighted by molar-refractivity contribution is 0.699. The lowest BCUT2D eigenvalue weighted by Crippen LogP contribution is -2.11. The Morgan fingerprint density at radius 3 is 2.75 bits per heavy atom. The van der Waals surface area contributed by atoms with Crippen LogP contribution < -0.4 is 5.32 Å². The summed E-state index contributed by atoms with van der Waals surface area (Å²) in [6.45, 7) is 1.68. The molecule has 2 nitrogen and oxygen atoms in total. The molecule has 0 saturated heterocycles. The summed E-state index contributed by atoms with van der Waals surface area (Å²) < 4.78 is 1.16. The van der Waals surface area contributed by atoms with Crippen molar-refractivity contribution in [1.29, 1.82) is 0 Å². The zero-order valence-electron chi connectivity index (χ0n) is 8.41. The fourth-order valence-electron chi connectivity index (χ4n) is 1.29. The van der Waals surface area contributed by atoms with Gasteiger partial charge in [-0.25, -0.2) is 4.98 Å². The molecule has 0 amide bonds. The average Bonchev–Trinajstić information content (AvgIpc) is 2.67. The number of nitrogens with one attached hydrogen (secondary N) is 1. The van der Waals surface area contributed by atoms with Crippen LogP contribution in [0.2, 0.25) is 5.15 Å². The molecule has 0 aliphatic carbocycles. The lowest BCUT2D eigenvalue weighted by atomic mass is 10.3. The number of rotatable bonds is 4. The van der Waals surface area contributed by atoms with E-state index in [1.165, 1.54) is 4.88 Å². The lowest BCUT2D eigenvalue weighted by Gasteiger charge is -2.02. The highest BCUT2D eigenvalue weighted by molar-refractivity contribution is 9.11. The van der Waals surface area contributed by atoms with Gasteiger partial charge in [0.05, 0.1) is 3.79 Å². The van der Waals surface area contributed by atoms with E-state index in [0.717, 1.165) is 22.4 Å². The largest absolute Gasteiger partial charge is 0.308 e. The maximum absolute atomic E-state index is 5.71. The number of halogens is 2. The molecule has 0 aliphatic heterocycles. The number of thiophene rings is 1. The van der Waals surface area contributed by atoms with Gasteiger partial charge in [0.1, 0.15) is 5.15 Å². The molecule has 0 aromatic carbocycles. The second kappa shape index (κ2) is 5.77. The topological polar surface area (TPSA) is 24.9 Å². The van der Waals surface area contributed by atoms with Crippen molar-refractivity contribution in [1.82, 2.24) is 10.3 Å². The first-order valence-electron chi connectivity index (χ1n) is 4.79. The monoisotopic (exact) mass is 316 g/mol. The molecule has 0 saturated carbocycles. The minimum Gasteiger partial charge on any atom is -0.308 e. The molecule has 0 fully saturated rings. The van der Waals surface area contributed by atoms with Crippen LogP contribution in [0.1, 0.15) is 10.4 Å². The number of pyridine rings is 1. The maximum Gasteiger partial charge on any atom is 0.129 e. The summed E-state index contributed by atoms with van der Waals surface area (Å²) >= 11 is 10.9. The third-order valence-electron chi connectivity index (χ3n) is 2.05. The van der Waals surface area contributed by atoms with Crippen LogP contribution >= 0.6 is 38.9 Å². The van der Waals surface area contributed by atoms with Gasteiger partial charge >= 0.3 is 0 Å². The summed E-state index contributed by atoms with van der Waals surface area (Å²) in [5.74, 6) is 0. The van der Waals surface area contributed by atoms with E-state index in [9.17, 15) is 0 Å². The summed E-state index contributed by atoms with van der Waals surface area (Å²) in [6.07, 6.45) is 1.79. The van der Waals surface area contributed by atoms with E-state index < -0.39 is 0 Å². The van der Waals surface area contributed by atoms with Gasteiger partial charge in [-0.3, -0.25) is 0 Å². The second-order valence-electron chi connectivity index (χ2n) is 3.30. The van der Waals surface area contributed by atoms with Gasteiger partial charge in [-0.15, -0.1) is 11.3 Å². The van der Waals surface area contributed by atoms with Crippen molar-refractivity contribution < 1.29 is 0 Å². The summed E-state index contributed by atoms with van der Waals surface area (Å²) in [7, 11) is 0. The van der Waals surface area contributed by atoms with E-state index >= 15 is 0 Å². The Bertz CT molecular complexity index is 455. The highest BCUT2D eigenvalue weighted by Crippen LogP contribution is 2.21. The van der Waals surface area contributed by atoms with Crippen LogP contribution in [0.3, 0.4) is 0 Å². The molecule has 5 heteroatoms. The van der Waals surface area contributed by atoms with Gasteiger partial charge in [0, 0.05) is 24.2 Å². The molecule has 1 N–H and O–H groups in total. The van der Waals surface area contributed by atoms with E-state index in [2.05, 4.69) is 38.4 Å². The minimum absolute atomic E-state index is 0.533. The van der Waals surface area contributed by atoms with Crippen LogP contribution in [0.25, 0.3) is 0 Å². The van der Waals surface area contributed by atoms with Crippen molar-refractivity contribution in [3.8, 4) is 0 Å². The number of nitrogens with zero attached hydrogens (tertiary/aromatic N) is 1. The van der Waals surface area contributed by atoms with E-state index in [1.807, 2.05) is 6.07 Å². The molecule has 2 aromatic heterocycles. The molecule has 2 heterocycles. The Balaban J connectivity index is 1.82. The van der Waals surface area contributed by atoms with Crippen LogP contribution in [-0.4, -0.2) is 4.98 Å². The normalized spacial score (nSPS) is 10.6. The van der Waals surface area contributed by atoms with Crippen LogP contribution in [0, 0.1) is 0 Å². The SMILES string of the molecule is Clc1ccc(CNCc2ccc(Br)s2)cn1. The molecule has 0 aliphatic rings. The highest BCUT2D eigenvalue weighted by Gasteiger charge is 1.98. The summed E-state index contributed by atoms with van der Waals surface area (Å²) in [5, 5.41) is 3.89. The van der Waals surface area contributed by atoms with Crippen LogP contribution in [0.15, 0.2) is 34.2 Å². The Hall–Kier alpha value is -0.420. The van der Waals surface area contributed by atoms with E-state index in [4.69, 9.17) is 11.6 Å². The molecular weight excluding hydrogens is 308 g/mol. The third-order valence-corrected chi connectivity index (χ3v) is 3.89. The smallest absolute Gasteiger partial charge is 0.129 e. The maximum atomic E-state index is 5.71. The number of aromatic nitrogens is 1. The highest BCUT2D eigenvalue weighted by atomic mass is 79.9. The minimum atomic E-state index is 0.533. The van der Waals surface area contributed by atoms with Gasteiger partial charge in [-0.1, -0.05) is 17.7 Å². The quantitative estimate of drug-likeness (QED) is 0.866. The van der Waals surface area contributed by atoms with Crippen LogP contribution in [0.5, 0.6) is 0 Å². The first kappa shape index (κ1) is 12.0. The zero-order chi connectivity index (χ0) is 11.4. The van der Waals surface area contributed by atoms with Crippen molar-refractivity contribution in [2.24, 2.45) is 0 Å². The standard InChI is InChI=1S/C11H10BrClN2S/c12-10-3-2-9(16-10)7-14-5-8-1-4-11(13)15-6-8/h1-4,6,14H,5,7H2. The van der Waals surface area contributed by atoms with Crippen LogP contribution in [0.4, 0.5) is 0 Å². The average molecular weight is 318 g/mol. The van der Waals surface area contributed by atoms with Gasteiger partial charge in [0.25, 0.3) is 0 Å². The van der Waals surface area contributed by atoms with Gasteiger partial charge in [-0.05, 0) is 39.7 Å². The predicted octanol–water partition coefficient (Wildman–Crippen LogP) is 3.85. The Morgan fingerprint density at radius 2 is 2.12 bits per heavy atom. The van der Waals surface area contributed by atoms with Gasteiger partial charge in [0.15, 0.2) is 0 Å². The van der Waals surface area contributed by atoms with Crippen molar-refractivity contribution in [3.63, 3.8) is 0 Å². The summed E-state index contributed by atoms with van der Waals surface area (Å²) in [5.41, 5.74) is 1.14. The third kappa shape index (κ3) is 3.56. The van der Waals surface area contributed by atoms with Crippen LogP contribution in [-0.2, 0) is 13.1 Å². The fourth-order valence-corrected chi connectivity index (χ4v) is 2.85. The Labute approximate surface area is 112 Å². The second-order valence-corrected chi connectivity index (χ2v) is 6.23. The molecule has 0 unspecified atom stereocenters. The summed E-state index contributed by atoms with van der Waals surface area (Å²) in [4.78, 5) is 5.34. The van der Waals surface area contributed by atoms with Crippen molar-refractivity contribution in [3.05, 3.63) is 49.8 Å². The van der Waals surface area contributed by atoms with Gasteiger partial charge in [-0.2, -0.15) is 0 Å². The Morgan fingerprint density at radius 1 is 1.25 bits per heavy atom. The molecule has 0 spiro atoms. The zero-order valence-corrected chi connectivity index (χ0v) is 11.6. The van der Waals surface area contributed by atoms with Gasteiger partial charge < -0.3 is 5.32 Å². The molecule has 2 aromatic rings. The van der Waals surface area contributed by atoms with E-state index in [-0.39, 0.29) is 0 Å². The first-order chi connectivity index (χ1) is 7.74. The summed E-state index contributed by atoms with van der Waals surface area (Å²) in [6, 6.07) is 7.96. The fraction of sp³-hybridized carbons (Fsp3) is 0.182. The van der Waals surface area contributed by atoms with E-state index in [1.54, 1.807) is 23.6 Å². The molecule has 0 atom stereocenters. The van der Waals surface area contributed by atoms with Gasteiger partial charge in [0.2, 0.25) is 0 Å². The molecule has 84 valence electrons. The van der Waals surface area contributed by atoms with Crippen molar-refractivity contribution in [2.45, 2.75) is 13.1 Å². The number of hydrogen-bond donors (Lipinski definition) is 1. The molecule has 0 radical (unpaired) electrons. The predicted molar refractivity (Wildman–Crippen MR) is 71.8 cm³/mol. The molecular formula is C11H10BrClN2S. The Kier molecular flexibility index (Phi) is 4.35. The first-order valence-corrected chi connectivity index (χ1v) is 6.78. The van der Waals surface area contributed by atoms with E-state index in [0.29, 0.717) is 5.15 Å². The van der Waals surface area contributed by atoms with Crippen molar-refractivity contribution >= 4 is 38.9 Å².